The first-order chi connectivity index (χ1) is 10.6. The first-order valence-corrected chi connectivity index (χ1v) is 8.81. The molecule has 2 aliphatic rings. The van der Waals surface area contributed by atoms with E-state index in [1.165, 1.54) is 0 Å². The van der Waals surface area contributed by atoms with Crippen LogP contribution in [0, 0.1) is 0 Å². The minimum atomic E-state index is -0.133. The molecular weight excluding hydrogens is 298 g/mol. The molecule has 0 saturated carbocycles. The average molecular weight is 319 g/mol. The lowest BCUT2D eigenvalue weighted by Crippen LogP contribution is -2.48. The van der Waals surface area contributed by atoms with Crippen LogP contribution in [0.1, 0.15) is 13.3 Å². The maximum absolute atomic E-state index is 12.7. The van der Waals surface area contributed by atoms with Gasteiger partial charge in [0.05, 0.1) is 17.9 Å². The summed E-state index contributed by atoms with van der Waals surface area (Å²) < 4.78 is 0. The van der Waals surface area contributed by atoms with Gasteiger partial charge in [-0.3, -0.25) is 19.4 Å². The highest BCUT2D eigenvalue weighted by Gasteiger charge is 2.29. The summed E-state index contributed by atoms with van der Waals surface area (Å²) in [6.45, 7) is 3.59. The lowest BCUT2D eigenvalue weighted by molar-refractivity contribution is -0.123. The third-order valence-corrected chi connectivity index (χ3v) is 5.23. The van der Waals surface area contributed by atoms with Crippen molar-refractivity contribution in [2.24, 2.45) is 0 Å². The number of hydrogen-bond acceptors (Lipinski definition) is 4. The Labute approximate surface area is 135 Å². The molecule has 1 saturated heterocycles. The molecule has 1 atom stereocenters. The number of thioether (sulfide) groups is 1. The zero-order valence-corrected chi connectivity index (χ0v) is 13.6. The van der Waals surface area contributed by atoms with Crippen LogP contribution in [0.4, 0.5) is 11.4 Å². The van der Waals surface area contributed by atoms with Crippen LogP contribution >= 0.6 is 11.8 Å². The first kappa shape index (κ1) is 15.4. The number of nitrogens with zero attached hydrogens (tertiary/aromatic N) is 2. The van der Waals surface area contributed by atoms with Crippen molar-refractivity contribution in [3.8, 4) is 0 Å². The topological polar surface area (TPSA) is 52.7 Å². The summed E-state index contributed by atoms with van der Waals surface area (Å²) in [5.74, 6) is 2.09. The van der Waals surface area contributed by atoms with Gasteiger partial charge in [0.1, 0.15) is 6.54 Å². The van der Waals surface area contributed by atoms with Gasteiger partial charge in [-0.2, -0.15) is 11.8 Å². The van der Waals surface area contributed by atoms with E-state index < -0.39 is 0 Å². The monoisotopic (exact) mass is 319 g/mol. The predicted octanol–water partition coefficient (Wildman–Crippen LogP) is 1.80. The standard InChI is InChI=1S/C16H21N3O2S/c1-12-6-8-22-9-7-18(12)11-16(21)19-10-15(20)17-13-4-2-3-5-14(13)19/h2-5,12H,6-11H2,1H3,(H,17,20). The maximum Gasteiger partial charge on any atom is 0.244 e. The van der Waals surface area contributed by atoms with Gasteiger partial charge >= 0.3 is 0 Å². The minimum Gasteiger partial charge on any atom is -0.323 e. The van der Waals surface area contributed by atoms with Gasteiger partial charge < -0.3 is 5.32 Å². The number of para-hydroxylation sites is 2. The Morgan fingerprint density at radius 2 is 2.18 bits per heavy atom. The van der Waals surface area contributed by atoms with E-state index in [0.29, 0.717) is 18.3 Å². The molecule has 6 heteroatoms. The van der Waals surface area contributed by atoms with Crippen molar-refractivity contribution in [3.63, 3.8) is 0 Å². The molecule has 1 aromatic rings. The maximum atomic E-state index is 12.7. The Morgan fingerprint density at radius 1 is 1.36 bits per heavy atom. The van der Waals surface area contributed by atoms with Crippen molar-refractivity contribution in [3.05, 3.63) is 24.3 Å². The first-order valence-electron chi connectivity index (χ1n) is 7.66. The smallest absolute Gasteiger partial charge is 0.244 e. The summed E-state index contributed by atoms with van der Waals surface area (Å²) in [5.41, 5.74) is 1.51. The molecule has 1 fully saturated rings. The van der Waals surface area contributed by atoms with Crippen molar-refractivity contribution in [2.75, 3.05) is 41.4 Å². The molecule has 118 valence electrons. The van der Waals surface area contributed by atoms with E-state index in [2.05, 4.69) is 17.1 Å². The summed E-state index contributed by atoms with van der Waals surface area (Å²) in [6.07, 6.45) is 1.11. The van der Waals surface area contributed by atoms with E-state index in [9.17, 15) is 9.59 Å². The zero-order valence-electron chi connectivity index (χ0n) is 12.7. The molecule has 0 spiro atoms. The summed E-state index contributed by atoms with van der Waals surface area (Å²) in [5, 5.41) is 2.82. The Hall–Kier alpha value is -1.53. The van der Waals surface area contributed by atoms with Crippen LogP contribution in [-0.4, -0.2) is 53.9 Å². The highest BCUT2D eigenvalue weighted by Crippen LogP contribution is 2.29. The summed E-state index contributed by atoms with van der Waals surface area (Å²) in [4.78, 5) is 28.4. The highest BCUT2D eigenvalue weighted by molar-refractivity contribution is 7.99. The molecule has 1 unspecified atom stereocenters. The average Bonchev–Trinajstić information content (AvgIpc) is 2.71. The van der Waals surface area contributed by atoms with Crippen molar-refractivity contribution in [2.45, 2.75) is 19.4 Å². The van der Waals surface area contributed by atoms with Crippen LogP contribution in [0.15, 0.2) is 24.3 Å². The highest BCUT2D eigenvalue weighted by atomic mass is 32.2. The van der Waals surface area contributed by atoms with Gasteiger partial charge in [-0.1, -0.05) is 12.1 Å². The van der Waals surface area contributed by atoms with Gasteiger partial charge in [-0.15, -0.1) is 0 Å². The number of carbonyl (C=O) groups excluding carboxylic acids is 2. The van der Waals surface area contributed by atoms with E-state index in [1.54, 1.807) is 4.90 Å². The third-order valence-electron chi connectivity index (χ3n) is 4.24. The summed E-state index contributed by atoms with van der Waals surface area (Å²) >= 11 is 1.94. The normalized spacial score (nSPS) is 22.7. The Bertz CT molecular complexity index is 578. The molecule has 2 heterocycles. The molecule has 2 amide bonds. The lowest BCUT2D eigenvalue weighted by atomic mass is 10.1. The van der Waals surface area contributed by atoms with E-state index in [1.807, 2.05) is 36.0 Å². The van der Waals surface area contributed by atoms with Crippen LogP contribution < -0.4 is 10.2 Å². The van der Waals surface area contributed by atoms with Crippen molar-refractivity contribution in [1.29, 1.82) is 0 Å². The second-order valence-electron chi connectivity index (χ2n) is 5.77. The second kappa shape index (κ2) is 6.71. The quantitative estimate of drug-likeness (QED) is 0.903. The number of carbonyl (C=O) groups is 2. The Morgan fingerprint density at radius 3 is 3.05 bits per heavy atom. The number of hydrogen-bond donors (Lipinski definition) is 1. The summed E-state index contributed by atoms with van der Waals surface area (Å²) in [7, 11) is 0. The number of rotatable bonds is 2. The van der Waals surface area contributed by atoms with Gasteiger partial charge in [0.15, 0.2) is 0 Å². The molecule has 1 aromatic carbocycles. The zero-order chi connectivity index (χ0) is 15.5. The van der Waals surface area contributed by atoms with Crippen molar-refractivity contribution in [1.82, 2.24) is 4.90 Å². The van der Waals surface area contributed by atoms with E-state index in [0.717, 1.165) is 30.2 Å². The number of fused-ring (bicyclic) bond motifs is 1. The fraction of sp³-hybridized carbons (Fsp3) is 0.500. The van der Waals surface area contributed by atoms with Crippen LogP contribution in [0.2, 0.25) is 0 Å². The molecule has 0 bridgehead atoms. The molecule has 3 rings (SSSR count). The third kappa shape index (κ3) is 3.28. The molecule has 2 aliphatic heterocycles. The SMILES string of the molecule is CC1CCSCCN1CC(=O)N1CC(=O)Nc2ccccc21. The largest absolute Gasteiger partial charge is 0.323 e. The number of benzene rings is 1. The van der Waals surface area contributed by atoms with Gasteiger partial charge in [0, 0.05) is 18.3 Å². The molecule has 22 heavy (non-hydrogen) atoms. The molecule has 0 aromatic heterocycles. The Balaban J connectivity index is 1.76. The minimum absolute atomic E-state index is 0.000972. The van der Waals surface area contributed by atoms with Gasteiger partial charge in [0.25, 0.3) is 0 Å². The number of amides is 2. The van der Waals surface area contributed by atoms with Crippen LogP contribution in [-0.2, 0) is 9.59 Å². The lowest BCUT2D eigenvalue weighted by Gasteiger charge is -2.32. The van der Waals surface area contributed by atoms with Crippen LogP contribution in [0.3, 0.4) is 0 Å². The number of anilines is 2. The van der Waals surface area contributed by atoms with E-state index >= 15 is 0 Å². The van der Waals surface area contributed by atoms with E-state index in [4.69, 9.17) is 0 Å². The second-order valence-corrected chi connectivity index (χ2v) is 6.99. The summed E-state index contributed by atoms with van der Waals surface area (Å²) in [6, 6.07) is 7.88. The van der Waals surface area contributed by atoms with Crippen LogP contribution in [0.25, 0.3) is 0 Å². The molecule has 0 aliphatic carbocycles. The van der Waals surface area contributed by atoms with Crippen molar-refractivity contribution < 1.29 is 9.59 Å². The van der Waals surface area contributed by atoms with Gasteiger partial charge in [0.2, 0.25) is 11.8 Å². The predicted molar refractivity (Wildman–Crippen MR) is 90.4 cm³/mol. The van der Waals surface area contributed by atoms with Gasteiger partial charge in [-0.05, 0) is 31.2 Å². The molecule has 5 nitrogen and oxygen atoms in total. The molecule has 0 radical (unpaired) electrons. The van der Waals surface area contributed by atoms with Gasteiger partial charge in [-0.25, -0.2) is 0 Å². The fourth-order valence-corrected chi connectivity index (χ4v) is 3.97. The number of nitrogens with one attached hydrogen (secondary N) is 1. The molecular formula is C16H21N3O2S. The molecule has 1 N–H and O–H groups in total. The van der Waals surface area contributed by atoms with Crippen molar-refractivity contribution >= 4 is 35.0 Å². The Kier molecular flexibility index (Phi) is 4.69. The van der Waals surface area contributed by atoms with Crippen LogP contribution in [0.5, 0.6) is 0 Å². The van der Waals surface area contributed by atoms with E-state index in [-0.39, 0.29) is 18.4 Å². The fourth-order valence-electron chi connectivity index (χ4n) is 2.89.